The molecule has 1 aliphatic heterocycles. The average molecular weight is 327 g/mol. The van der Waals surface area contributed by atoms with Crippen LogP contribution in [0.1, 0.15) is 45.8 Å². The predicted molar refractivity (Wildman–Crippen MR) is 88.5 cm³/mol. The number of halogens is 1. The van der Waals surface area contributed by atoms with E-state index >= 15 is 0 Å². The van der Waals surface area contributed by atoms with Crippen molar-refractivity contribution in [2.45, 2.75) is 57.5 Å². The Morgan fingerprint density at radius 1 is 1.14 bits per heavy atom. The topological polar surface area (TPSA) is 58.9 Å². The summed E-state index contributed by atoms with van der Waals surface area (Å²) in [5, 5.41) is 20.1. The lowest BCUT2D eigenvalue weighted by atomic mass is 9.78. The zero-order valence-corrected chi connectivity index (χ0v) is 14.3. The summed E-state index contributed by atoms with van der Waals surface area (Å²) in [6, 6.07) is 7.31. The molecule has 1 heterocycles. The van der Waals surface area contributed by atoms with Crippen molar-refractivity contribution < 1.29 is 19.5 Å². The molecule has 1 aromatic carbocycles. The first-order valence-electron chi connectivity index (χ1n) is 7.55. The van der Waals surface area contributed by atoms with Gasteiger partial charge in [-0.25, -0.2) is 0 Å². The first-order valence-corrected chi connectivity index (χ1v) is 8.09. The van der Waals surface area contributed by atoms with Crippen molar-refractivity contribution in [3.8, 4) is 0 Å². The lowest BCUT2D eigenvalue weighted by Gasteiger charge is -2.32. The van der Waals surface area contributed by atoms with E-state index in [9.17, 15) is 10.2 Å². The van der Waals surface area contributed by atoms with Crippen LogP contribution in [0.5, 0.6) is 0 Å². The van der Waals surface area contributed by atoms with E-state index in [2.05, 4.69) is 0 Å². The molecule has 1 fully saturated rings. The Morgan fingerprint density at radius 2 is 1.73 bits per heavy atom. The molecule has 0 aromatic heterocycles. The van der Waals surface area contributed by atoms with Crippen molar-refractivity contribution in [1.29, 1.82) is 0 Å². The molecular formula is C16H24BClO4. The average Bonchev–Trinajstić information content (AvgIpc) is 2.67. The number of hydrogen-bond acceptors (Lipinski definition) is 4. The van der Waals surface area contributed by atoms with Crippen LogP contribution in [0.4, 0.5) is 0 Å². The molecule has 2 rings (SSSR count). The second-order valence-corrected chi connectivity index (χ2v) is 7.13. The molecule has 1 aliphatic rings. The lowest BCUT2D eigenvalue weighted by Crippen LogP contribution is -2.41. The van der Waals surface area contributed by atoms with Crippen LogP contribution in [0.15, 0.2) is 24.3 Å². The molecular weight excluding hydrogens is 302 g/mol. The minimum Gasteiger partial charge on any atom is -0.399 e. The van der Waals surface area contributed by atoms with Crippen molar-refractivity contribution in [1.82, 2.24) is 0 Å². The van der Waals surface area contributed by atoms with E-state index in [0.29, 0.717) is 17.9 Å². The van der Waals surface area contributed by atoms with Gasteiger partial charge in [0.25, 0.3) is 0 Å². The van der Waals surface area contributed by atoms with Crippen molar-refractivity contribution in [3.63, 3.8) is 0 Å². The predicted octanol–water partition coefficient (Wildman–Crippen LogP) is 2.01. The van der Waals surface area contributed by atoms with E-state index in [1.165, 1.54) is 0 Å². The van der Waals surface area contributed by atoms with Gasteiger partial charge in [0.15, 0.2) is 0 Å². The van der Waals surface area contributed by atoms with Gasteiger partial charge >= 0.3 is 7.12 Å². The third-order valence-electron chi connectivity index (χ3n) is 4.55. The second-order valence-electron chi connectivity index (χ2n) is 6.75. The van der Waals surface area contributed by atoms with Gasteiger partial charge in [-0.05, 0) is 45.1 Å². The fourth-order valence-corrected chi connectivity index (χ4v) is 2.58. The highest BCUT2D eigenvalue weighted by Crippen LogP contribution is 2.36. The highest BCUT2D eigenvalue weighted by molar-refractivity contribution is 6.62. The molecule has 1 aromatic rings. The Hall–Kier alpha value is -0.585. The summed E-state index contributed by atoms with van der Waals surface area (Å²) in [6.07, 6.45) is -1.52. The summed E-state index contributed by atoms with van der Waals surface area (Å²) < 4.78 is 12.0. The third kappa shape index (κ3) is 3.49. The summed E-state index contributed by atoms with van der Waals surface area (Å²) in [4.78, 5) is 0. The highest BCUT2D eigenvalue weighted by atomic mass is 35.5. The number of alkyl halides is 1. The summed E-state index contributed by atoms with van der Waals surface area (Å²) in [5.74, 6) is 0.301. The smallest absolute Gasteiger partial charge is 0.399 e. The molecule has 1 saturated heterocycles. The first kappa shape index (κ1) is 17.8. The van der Waals surface area contributed by atoms with E-state index in [1.54, 1.807) is 6.07 Å². The zero-order chi connectivity index (χ0) is 16.5. The van der Waals surface area contributed by atoms with Crippen molar-refractivity contribution in [2.75, 3.05) is 5.88 Å². The second kappa shape index (κ2) is 6.50. The maximum atomic E-state index is 10.2. The largest absolute Gasteiger partial charge is 0.494 e. The molecule has 0 amide bonds. The van der Waals surface area contributed by atoms with Gasteiger partial charge in [-0.1, -0.05) is 24.3 Å². The van der Waals surface area contributed by atoms with E-state index in [-0.39, 0.29) is 0 Å². The monoisotopic (exact) mass is 326 g/mol. The number of hydrogen-bond donors (Lipinski definition) is 2. The third-order valence-corrected chi connectivity index (χ3v) is 4.77. The normalized spacial score (nSPS) is 22.6. The van der Waals surface area contributed by atoms with Crippen LogP contribution < -0.4 is 5.46 Å². The van der Waals surface area contributed by atoms with E-state index in [0.717, 1.165) is 5.46 Å². The van der Waals surface area contributed by atoms with Gasteiger partial charge in [0, 0.05) is 5.88 Å². The van der Waals surface area contributed by atoms with Crippen LogP contribution in [0, 0.1) is 0 Å². The van der Waals surface area contributed by atoms with E-state index in [4.69, 9.17) is 20.9 Å². The minimum atomic E-state index is -0.971. The number of rotatable bonds is 5. The fourth-order valence-electron chi connectivity index (χ4n) is 2.36. The first-order chi connectivity index (χ1) is 10.2. The van der Waals surface area contributed by atoms with Crippen molar-refractivity contribution >= 4 is 24.2 Å². The number of aliphatic hydroxyl groups excluding tert-OH is 2. The minimum absolute atomic E-state index is 0.301. The van der Waals surface area contributed by atoms with Crippen molar-refractivity contribution in [2.24, 2.45) is 0 Å². The molecule has 0 aliphatic carbocycles. The Morgan fingerprint density at radius 3 is 2.27 bits per heavy atom. The van der Waals surface area contributed by atoms with Gasteiger partial charge in [0.05, 0.1) is 17.3 Å². The van der Waals surface area contributed by atoms with Gasteiger partial charge < -0.3 is 19.5 Å². The van der Waals surface area contributed by atoms with Crippen molar-refractivity contribution in [3.05, 3.63) is 29.8 Å². The van der Waals surface area contributed by atoms with Crippen LogP contribution in [0.2, 0.25) is 0 Å². The Bertz CT molecular complexity index is 505. The molecule has 0 saturated carbocycles. The Balaban J connectivity index is 2.20. The molecule has 122 valence electrons. The molecule has 6 heteroatoms. The Labute approximate surface area is 137 Å². The molecule has 2 unspecified atom stereocenters. The van der Waals surface area contributed by atoms with Gasteiger partial charge in [-0.2, -0.15) is 0 Å². The molecule has 0 spiro atoms. The Kier molecular flexibility index (Phi) is 5.25. The summed E-state index contributed by atoms with van der Waals surface area (Å²) in [6.45, 7) is 7.98. The summed E-state index contributed by atoms with van der Waals surface area (Å²) in [5.41, 5.74) is 0.632. The van der Waals surface area contributed by atoms with Crippen LogP contribution >= 0.6 is 11.6 Å². The van der Waals surface area contributed by atoms with Crippen LogP contribution in [-0.2, 0) is 9.31 Å². The highest BCUT2D eigenvalue weighted by Gasteiger charge is 2.51. The van der Waals surface area contributed by atoms with E-state index in [1.807, 2.05) is 45.9 Å². The zero-order valence-electron chi connectivity index (χ0n) is 13.5. The van der Waals surface area contributed by atoms with E-state index < -0.39 is 30.5 Å². The van der Waals surface area contributed by atoms with Crippen LogP contribution in [-0.4, -0.2) is 40.5 Å². The summed E-state index contributed by atoms with van der Waals surface area (Å²) >= 11 is 5.61. The molecule has 2 N–H and O–H groups in total. The van der Waals surface area contributed by atoms with Crippen LogP contribution in [0.3, 0.4) is 0 Å². The maximum Gasteiger partial charge on any atom is 0.494 e. The quantitative estimate of drug-likeness (QED) is 0.642. The number of aliphatic hydroxyl groups is 2. The van der Waals surface area contributed by atoms with Crippen LogP contribution in [0.25, 0.3) is 0 Å². The van der Waals surface area contributed by atoms with Gasteiger partial charge in [0.2, 0.25) is 0 Å². The molecule has 0 radical (unpaired) electrons. The van der Waals surface area contributed by atoms with Gasteiger partial charge in [0.1, 0.15) is 6.10 Å². The SMILES string of the molecule is CC1(C)OB(c2cccc(C(O)C(O)CCCl)c2)OC1(C)C. The van der Waals surface area contributed by atoms with Gasteiger partial charge in [-0.15, -0.1) is 11.6 Å². The standard InChI is InChI=1S/C16H24BClO4/c1-15(2)16(3,4)22-17(21-15)12-7-5-6-11(10-12)14(20)13(19)8-9-18/h5-7,10,13-14,19-20H,8-9H2,1-4H3. The molecule has 2 atom stereocenters. The number of benzene rings is 1. The lowest BCUT2D eigenvalue weighted by molar-refractivity contribution is 0.00578. The summed E-state index contributed by atoms with van der Waals surface area (Å²) in [7, 11) is -0.484. The molecule has 22 heavy (non-hydrogen) atoms. The molecule has 0 bridgehead atoms. The molecule has 4 nitrogen and oxygen atoms in total. The maximum absolute atomic E-state index is 10.2. The van der Waals surface area contributed by atoms with Gasteiger partial charge in [-0.3, -0.25) is 0 Å². The fraction of sp³-hybridized carbons (Fsp3) is 0.625.